The van der Waals surface area contributed by atoms with Crippen molar-refractivity contribution in [3.63, 3.8) is 0 Å². The number of hydrogen-bond donors (Lipinski definition) is 2. The number of carbonyl (C=O) groups excluding carboxylic acids is 1. The molecule has 0 saturated heterocycles. The normalized spacial score (nSPS) is 10.7. The first kappa shape index (κ1) is 20.4. The number of ether oxygens (including phenoxy) is 1. The third-order valence-electron chi connectivity index (χ3n) is 4.43. The highest BCUT2D eigenvalue weighted by Crippen LogP contribution is 2.24. The van der Waals surface area contributed by atoms with Gasteiger partial charge in [-0.25, -0.2) is 0 Å². The molecule has 3 aromatic rings. The third kappa shape index (κ3) is 6.09. The van der Waals surface area contributed by atoms with E-state index in [9.17, 15) is 9.90 Å². The SMILES string of the molecule is CN(C)CCCOc1ccc(NC(=O)c2cccc(-c3cccc(O)c3)c2)cc1. The minimum atomic E-state index is -0.188. The molecule has 3 aromatic carbocycles. The molecular weight excluding hydrogens is 364 g/mol. The standard InChI is InChI=1S/C24H26N2O3/c1-26(2)14-5-15-29-23-12-10-21(11-13-23)25-24(28)20-8-3-6-18(16-20)19-7-4-9-22(27)17-19/h3-4,6-13,16-17,27H,5,14-15H2,1-2H3,(H,25,28). The van der Waals surface area contributed by atoms with E-state index >= 15 is 0 Å². The van der Waals surface area contributed by atoms with E-state index in [1.807, 2.05) is 62.6 Å². The van der Waals surface area contributed by atoms with E-state index in [0.717, 1.165) is 29.8 Å². The molecule has 5 nitrogen and oxygen atoms in total. The number of hydrogen-bond acceptors (Lipinski definition) is 4. The summed E-state index contributed by atoms with van der Waals surface area (Å²) in [4.78, 5) is 14.8. The van der Waals surface area contributed by atoms with Crippen molar-refractivity contribution in [3.8, 4) is 22.6 Å². The van der Waals surface area contributed by atoms with Crippen LogP contribution in [-0.4, -0.2) is 43.2 Å². The van der Waals surface area contributed by atoms with Crippen LogP contribution >= 0.6 is 0 Å². The van der Waals surface area contributed by atoms with Gasteiger partial charge in [-0.05, 0) is 80.2 Å². The lowest BCUT2D eigenvalue weighted by atomic mass is 10.0. The first-order valence-corrected chi connectivity index (χ1v) is 9.60. The van der Waals surface area contributed by atoms with E-state index in [2.05, 4.69) is 10.2 Å². The molecule has 2 N–H and O–H groups in total. The van der Waals surface area contributed by atoms with Gasteiger partial charge < -0.3 is 20.1 Å². The number of benzene rings is 3. The molecule has 0 aliphatic heterocycles. The molecule has 5 heteroatoms. The van der Waals surface area contributed by atoms with E-state index < -0.39 is 0 Å². The molecule has 0 fully saturated rings. The molecule has 29 heavy (non-hydrogen) atoms. The van der Waals surface area contributed by atoms with Crippen molar-refractivity contribution < 1.29 is 14.6 Å². The number of carbonyl (C=O) groups is 1. The maximum Gasteiger partial charge on any atom is 0.255 e. The molecule has 1 amide bonds. The van der Waals surface area contributed by atoms with Gasteiger partial charge in [0.25, 0.3) is 5.91 Å². The lowest BCUT2D eigenvalue weighted by Gasteiger charge is -2.11. The second-order valence-corrected chi connectivity index (χ2v) is 7.11. The molecule has 0 saturated carbocycles. The zero-order valence-electron chi connectivity index (χ0n) is 16.8. The molecule has 0 radical (unpaired) electrons. The molecule has 0 bridgehead atoms. The predicted octanol–water partition coefficient (Wildman–Crippen LogP) is 4.64. The maximum absolute atomic E-state index is 12.6. The molecule has 0 aromatic heterocycles. The van der Waals surface area contributed by atoms with Gasteiger partial charge in [0, 0.05) is 17.8 Å². The molecule has 3 rings (SSSR count). The number of phenols is 1. The summed E-state index contributed by atoms with van der Waals surface area (Å²) in [6.07, 6.45) is 0.959. The molecule has 0 unspecified atom stereocenters. The highest BCUT2D eigenvalue weighted by molar-refractivity contribution is 6.05. The summed E-state index contributed by atoms with van der Waals surface area (Å²) in [5.41, 5.74) is 2.98. The smallest absolute Gasteiger partial charge is 0.255 e. The Hall–Kier alpha value is -3.31. The Balaban J connectivity index is 1.61. The monoisotopic (exact) mass is 390 g/mol. The summed E-state index contributed by atoms with van der Waals surface area (Å²) in [6.45, 7) is 1.64. The Morgan fingerprint density at radius 3 is 2.34 bits per heavy atom. The molecule has 0 aliphatic carbocycles. The molecule has 0 aliphatic rings. The van der Waals surface area contributed by atoms with Crippen LogP contribution in [0.5, 0.6) is 11.5 Å². The first-order valence-electron chi connectivity index (χ1n) is 9.60. The van der Waals surface area contributed by atoms with Gasteiger partial charge in [0.05, 0.1) is 6.61 Å². The van der Waals surface area contributed by atoms with Crippen molar-refractivity contribution in [2.45, 2.75) is 6.42 Å². The number of anilines is 1. The maximum atomic E-state index is 12.6. The van der Waals surface area contributed by atoms with Crippen LogP contribution in [0.2, 0.25) is 0 Å². The number of nitrogens with one attached hydrogen (secondary N) is 1. The molecular formula is C24H26N2O3. The van der Waals surface area contributed by atoms with Crippen LogP contribution < -0.4 is 10.1 Å². The van der Waals surface area contributed by atoms with Crippen LogP contribution in [0.3, 0.4) is 0 Å². The number of rotatable bonds is 8. The fourth-order valence-corrected chi connectivity index (χ4v) is 2.93. The summed E-state index contributed by atoms with van der Waals surface area (Å²) >= 11 is 0. The van der Waals surface area contributed by atoms with Gasteiger partial charge in [0.15, 0.2) is 0 Å². The minimum Gasteiger partial charge on any atom is -0.508 e. The van der Waals surface area contributed by atoms with Gasteiger partial charge in [-0.1, -0.05) is 24.3 Å². The largest absolute Gasteiger partial charge is 0.508 e. The fourth-order valence-electron chi connectivity index (χ4n) is 2.93. The second kappa shape index (κ2) is 9.75. The van der Waals surface area contributed by atoms with Crippen molar-refractivity contribution in [2.24, 2.45) is 0 Å². The van der Waals surface area contributed by atoms with Crippen LogP contribution in [0, 0.1) is 0 Å². The van der Waals surface area contributed by atoms with Crippen LogP contribution in [-0.2, 0) is 0 Å². The van der Waals surface area contributed by atoms with Crippen molar-refractivity contribution in [3.05, 3.63) is 78.4 Å². The van der Waals surface area contributed by atoms with Crippen LogP contribution in [0.1, 0.15) is 16.8 Å². The van der Waals surface area contributed by atoms with Gasteiger partial charge in [-0.3, -0.25) is 4.79 Å². The Labute approximate surface area is 171 Å². The van der Waals surface area contributed by atoms with Crippen LogP contribution in [0.4, 0.5) is 5.69 Å². The van der Waals surface area contributed by atoms with Crippen molar-refractivity contribution in [1.29, 1.82) is 0 Å². The molecule has 0 heterocycles. The van der Waals surface area contributed by atoms with Gasteiger partial charge in [-0.2, -0.15) is 0 Å². The van der Waals surface area contributed by atoms with Crippen LogP contribution in [0.15, 0.2) is 72.8 Å². The number of amides is 1. The lowest BCUT2D eigenvalue weighted by Crippen LogP contribution is -2.15. The van der Waals surface area contributed by atoms with E-state index in [0.29, 0.717) is 17.9 Å². The summed E-state index contributed by atoms with van der Waals surface area (Å²) in [5, 5.41) is 12.6. The summed E-state index contributed by atoms with van der Waals surface area (Å²) in [5.74, 6) is 0.792. The highest BCUT2D eigenvalue weighted by atomic mass is 16.5. The average molecular weight is 390 g/mol. The van der Waals surface area contributed by atoms with Gasteiger partial charge in [0.1, 0.15) is 11.5 Å². The topological polar surface area (TPSA) is 61.8 Å². The summed E-state index contributed by atoms with van der Waals surface area (Å²) < 4.78 is 5.72. The van der Waals surface area contributed by atoms with Crippen molar-refractivity contribution in [1.82, 2.24) is 4.90 Å². The van der Waals surface area contributed by atoms with Gasteiger partial charge in [-0.15, -0.1) is 0 Å². The first-order chi connectivity index (χ1) is 14.0. The Kier molecular flexibility index (Phi) is 6.87. The summed E-state index contributed by atoms with van der Waals surface area (Å²) in [6, 6.07) is 21.7. The third-order valence-corrected chi connectivity index (χ3v) is 4.43. The summed E-state index contributed by atoms with van der Waals surface area (Å²) in [7, 11) is 4.08. The zero-order valence-corrected chi connectivity index (χ0v) is 16.8. The quantitative estimate of drug-likeness (QED) is 0.550. The molecule has 150 valence electrons. The molecule has 0 spiro atoms. The second-order valence-electron chi connectivity index (χ2n) is 7.11. The van der Waals surface area contributed by atoms with E-state index in [4.69, 9.17) is 4.74 Å². The highest BCUT2D eigenvalue weighted by Gasteiger charge is 2.08. The number of phenolic OH excluding ortho intramolecular Hbond substituents is 1. The van der Waals surface area contributed by atoms with Crippen LogP contribution in [0.25, 0.3) is 11.1 Å². The van der Waals surface area contributed by atoms with Crippen molar-refractivity contribution in [2.75, 3.05) is 32.6 Å². The molecule has 0 atom stereocenters. The Morgan fingerprint density at radius 2 is 1.66 bits per heavy atom. The zero-order chi connectivity index (χ0) is 20.6. The van der Waals surface area contributed by atoms with Crippen molar-refractivity contribution >= 4 is 11.6 Å². The van der Waals surface area contributed by atoms with Gasteiger partial charge >= 0.3 is 0 Å². The lowest BCUT2D eigenvalue weighted by molar-refractivity contribution is 0.102. The fraction of sp³-hybridized carbons (Fsp3) is 0.208. The van der Waals surface area contributed by atoms with E-state index in [1.165, 1.54) is 0 Å². The average Bonchev–Trinajstić information content (AvgIpc) is 2.72. The number of nitrogens with zero attached hydrogens (tertiary/aromatic N) is 1. The Morgan fingerprint density at radius 1 is 0.966 bits per heavy atom. The van der Waals surface area contributed by atoms with Gasteiger partial charge in [0.2, 0.25) is 0 Å². The van der Waals surface area contributed by atoms with E-state index in [-0.39, 0.29) is 11.7 Å². The minimum absolute atomic E-state index is 0.188. The number of aromatic hydroxyl groups is 1. The predicted molar refractivity (Wildman–Crippen MR) is 117 cm³/mol. The van der Waals surface area contributed by atoms with E-state index in [1.54, 1.807) is 24.3 Å². The Bertz CT molecular complexity index is 952.